The first-order chi connectivity index (χ1) is 6.39. The SMILES string of the molecule is Br.Fc1c[c-]ccc1.[Mg+2].[c-]1ccccc1. The minimum absolute atomic E-state index is 0. The average molecular weight is 277 g/mol. The molecule has 0 aliphatic rings. The Hall–Kier alpha value is -0.384. The summed E-state index contributed by atoms with van der Waals surface area (Å²) in [7, 11) is 0. The van der Waals surface area contributed by atoms with Gasteiger partial charge in [-0.25, -0.2) is 0 Å². The fourth-order valence-corrected chi connectivity index (χ4v) is 0.713. The monoisotopic (exact) mass is 276 g/mol. The molecule has 0 aliphatic heterocycles. The average Bonchev–Trinajstić information content (AvgIpc) is 2.22. The van der Waals surface area contributed by atoms with Crippen LogP contribution in [0.4, 0.5) is 4.39 Å². The van der Waals surface area contributed by atoms with Gasteiger partial charge in [-0.05, 0) is 0 Å². The van der Waals surface area contributed by atoms with Crippen molar-refractivity contribution in [3.63, 3.8) is 0 Å². The molecule has 0 spiro atoms. The Kier molecular flexibility index (Phi) is 13.3. The predicted octanol–water partition coefficient (Wildman–Crippen LogP) is 3.31. The van der Waals surface area contributed by atoms with E-state index in [1.54, 1.807) is 12.1 Å². The number of hydrogen-bond acceptors (Lipinski definition) is 0. The molecule has 0 radical (unpaired) electrons. The minimum Gasteiger partial charge on any atom is -0.284 e. The molecule has 15 heavy (non-hydrogen) atoms. The molecule has 2 aromatic carbocycles. The van der Waals surface area contributed by atoms with E-state index in [0.29, 0.717) is 0 Å². The smallest absolute Gasteiger partial charge is 0.284 e. The molecule has 0 bridgehead atoms. The molecule has 2 aromatic rings. The van der Waals surface area contributed by atoms with E-state index in [9.17, 15) is 4.39 Å². The zero-order valence-corrected chi connectivity index (χ0v) is 11.3. The van der Waals surface area contributed by atoms with E-state index in [1.807, 2.05) is 30.3 Å². The van der Waals surface area contributed by atoms with Crippen molar-refractivity contribution in [2.75, 3.05) is 0 Å². The first-order valence-corrected chi connectivity index (χ1v) is 3.92. The van der Waals surface area contributed by atoms with Gasteiger partial charge in [0.05, 0.1) is 0 Å². The molecule has 0 amide bonds. The van der Waals surface area contributed by atoms with Gasteiger partial charge in [0.2, 0.25) is 0 Å². The van der Waals surface area contributed by atoms with Crippen LogP contribution in [0.15, 0.2) is 54.6 Å². The van der Waals surface area contributed by atoms with Crippen molar-refractivity contribution < 1.29 is 4.39 Å². The van der Waals surface area contributed by atoms with Gasteiger partial charge in [0, 0.05) is 5.82 Å². The third kappa shape index (κ3) is 9.91. The molecule has 0 saturated heterocycles. The predicted molar refractivity (Wildman–Crippen MR) is 66.6 cm³/mol. The van der Waals surface area contributed by atoms with Crippen LogP contribution in [0.25, 0.3) is 0 Å². The van der Waals surface area contributed by atoms with Gasteiger partial charge in [0.15, 0.2) is 0 Å². The molecule has 0 fully saturated rings. The van der Waals surface area contributed by atoms with E-state index in [2.05, 4.69) is 12.1 Å². The van der Waals surface area contributed by atoms with E-state index in [1.165, 1.54) is 12.1 Å². The summed E-state index contributed by atoms with van der Waals surface area (Å²) in [5, 5.41) is 0. The van der Waals surface area contributed by atoms with Crippen LogP contribution in [0.5, 0.6) is 0 Å². The van der Waals surface area contributed by atoms with E-state index in [0.717, 1.165) is 0 Å². The van der Waals surface area contributed by atoms with Gasteiger partial charge in [-0.1, -0.05) is 0 Å². The van der Waals surface area contributed by atoms with Crippen molar-refractivity contribution in [3.05, 3.63) is 72.5 Å². The zero-order valence-electron chi connectivity index (χ0n) is 8.19. The molecule has 2 rings (SSSR count). The van der Waals surface area contributed by atoms with Gasteiger partial charge in [-0.2, -0.15) is 54.6 Å². The normalized spacial score (nSPS) is 7.27. The molecule has 0 heterocycles. The van der Waals surface area contributed by atoms with Crippen LogP contribution < -0.4 is 0 Å². The maximum Gasteiger partial charge on any atom is 2.00 e. The Balaban J connectivity index is 0. The molecule has 0 saturated carbocycles. The summed E-state index contributed by atoms with van der Waals surface area (Å²) in [6.07, 6.45) is 0. The van der Waals surface area contributed by atoms with Crippen molar-refractivity contribution in [1.82, 2.24) is 0 Å². The van der Waals surface area contributed by atoms with Gasteiger partial charge >= 0.3 is 23.1 Å². The first-order valence-electron chi connectivity index (χ1n) is 3.92. The summed E-state index contributed by atoms with van der Waals surface area (Å²) in [5.74, 6) is -0.234. The Morgan fingerprint density at radius 2 is 1.47 bits per heavy atom. The van der Waals surface area contributed by atoms with Gasteiger partial charge in [0.25, 0.3) is 0 Å². The zero-order chi connectivity index (χ0) is 9.36. The number of rotatable bonds is 0. The van der Waals surface area contributed by atoms with Gasteiger partial charge < -0.3 is 0 Å². The maximum absolute atomic E-state index is 11.9. The molecule has 74 valence electrons. The largest absolute Gasteiger partial charge is 2.00 e. The van der Waals surface area contributed by atoms with Crippen molar-refractivity contribution in [1.29, 1.82) is 0 Å². The third-order valence-corrected chi connectivity index (χ3v) is 1.28. The second kappa shape index (κ2) is 11.7. The van der Waals surface area contributed by atoms with Crippen LogP contribution in [-0.2, 0) is 0 Å². The summed E-state index contributed by atoms with van der Waals surface area (Å²) < 4.78 is 11.9. The van der Waals surface area contributed by atoms with Gasteiger partial charge in [-0.3, -0.25) is 4.39 Å². The molecule has 0 aliphatic carbocycles. The van der Waals surface area contributed by atoms with Crippen LogP contribution in [0, 0.1) is 17.9 Å². The van der Waals surface area contributed by atoms with Crippen LogP contribution in [0.3, 0.4) is 0 Å². The van der Waals surface area contributed by atoms with E-state index in [-0.39, 0.29) is 45.9 Å². The van der Waals surface area contributed by atoms with Crippen molar-refractivity contribution in [2.45, 2.75) is 0 Å². The van der Waals surface area contributed by atoms with Crippen molar-refractivity contribution >= 4 is 40.0 Å². The standard InChI is InChI=1S/C6H4F.C6H5.BrH.Mg/c7-6-4-2-1-3-5-6;1-2-4-6-5-3-1;;/h1-2,4-5H;1-5H;1H;/q2*-1;;+2. The molecule has 0 atom stereocenters. The Morgan fingerprint density at radius 3 is 1.67 bits per heavy atom. The van der Waals surface area contributed by atoms with Crippen LogP contribution in [0.1, 0.15) is 0 Å². The summed E-state index contributed by atoms with van der Waals surface area (Å²) in [6.45, 7) is 0. The molecular weight excluding hydrogens is 267 g/mol. The Morgan fingerprint density at radius 1 is 0.867 bits per heavy atom. The third-order valence-electron chi connectivity index (χ3n) is 1.28. The minimum atomic E-state index is -0.234. The summed E-state index contributed by atoms with van der Waals surface area (Å²) in [6, 6.07) is 21.0. The number of benzene rings is 2. The Labute approximate surface area is 116 Å². The fourth-order valence-electron chi connectivity index (χ4n) is 0.713. The summed E-state index contributed by atoms with van der Waals surface area (Å²) >= 11 is 0. The molecule has 3 heteroatoms. The van der Waals surface area contributed by atoms with E-state index >= 15 is 0 Å². The van der Waals surface area contributed by atoms with Crippen LogP contribution in [0.2, 0.25) is 0 Å². The van der Waals surface area contributed by atoms with Crippen molar-refractivity contribution in [3.8, 4) is 0 Å². The molecule has 0 unspecified atom stereocenters. The van der Waals surface area contributed by atoms with Crippen molar-refractivity contribution in [2.24, 2.45) is 0 Å². The quantitative estimate of drug-likeness (QED) is 0.512. The second-order valence-corrected chi connectivity index (χ2v) is 2.30. The number of hydrogen-bond donors (Lipinski definition) is 0. The van der Waals surface area contributed by atoms with Crippen LogP contribution in [-0.4, -0.2) is 23.1 Å². The maximum atomic E-state index is 11.9. The van der Waals surface area contributed by atoms with Gasteiger partial charge in [0.1, 0.15) is 0 Å². The topological polar surface area (TPSA) is 0 Å². The number of halogens is 2. The first kappa shape index (κ1) is 17.0. The summed E-state index contributed by atoms with van der Waals surface area (Å²) in [4.78, 5) is 0. The Bertz CT molecular complexity index is 286. The van der Waals surface area contributed by atoms with E-state index in [4.69, 9.17) is 0 Å². The van der Waals surface area contributed by atoms with Crippen LogP contribution >= 0.6 is 17.0 Å². The fraction of sp³-hybridized carbons (Fsp3) is 0. The van der Waals surface area contributed by atoms with E-state index < -0.39 is 0 Å². The molecule has 0 nitrogen and oxygen atoms in total. The summed E-state index contributed by atoms with van der Waals surface area (Å²) in [5.41, 5.74) is 0. The van der Waals surface area contributed by atoms with Gasteiger partial charge in [-0.15, -0.1) is 29.1 Å². The molecule has 0 N–H and O–H groups in total. The molecule has 0 aromatic heterocycles. The molecular formula is C12H10BrFMg. The second-order valence-electron chi connectivity index (χ2n) is 2.30.